The maximum absolute atomic E-state index is 5.74. The zero-order chi connectivity index (χ0) is 14.8. The molecule has 0 saturated heterocycles. The zero-order valence-electron chi connectivity index (χ0n) is 12.8. The van der Waals surface area contributed by atoms with Crippen LogP contribution in [0.25, 0.3) is 0 Å². The molecule has 3 heteroatoms. The summed E-state index contributed by atoms with van der Waals surface area (Å²) >= 11 is 1.80. The van der Waals surface area contributed by atoms with Gasteiger partial charge in [0.2, 0.25) is 0 Å². The van der Waals surface area contributed by atoms with Gasteiger partial charge < -0.3 is 10.1 Å². The monoisotopic (exact) mass is 303 g/mol. The molecule has 0 bridgehead atoms. The molecule has 0 atom stereocenters. The summed E-state index contributed by atoms with van der Waals surface area (Å²) in [5.41, 5.74) is 2.65. The van der Waals surface area contributed by atoms with Gasteiger partial charge in [-0.05, 0) is 48.5 Å². The maximum atomic E-state index is 5.74. The van der Waals surface area contributed by atoms with E-state index in [2.05, 4.69) is 54.0 Å². The smallest absolute Gasteiger partial charge is 0.0717 e. The molecule has 0 fully saturated rings. The Morgan fingerprint density at radius 3 is 2.52 bits per heavy atom. The van der Waals surface area contributed by atoms with Crippen molar-refractivity contribution in [3.05, 3.63) is 57.8 Å². The molecular formula is C18H25NOS. The van der Waals surface area contributed by atoms with Crippen molar-refractivity contribution in [2.75, 3.05) is 19.7 Å². The summed E-state index contributed by atoms with van der Waals surface area (Å²) in [6.07, 6.45) is 3.31. The third-order valence-electron chi connectivity index (χ3n) is 3.38. The van der Waals surface area contributed by atoms with Gasteiger partial charge in [0, 0.05) is 11.3 Å². The Morgan fingerprint density at radius 1 is 1.00 bits per heavy atom. The normalized spacial score (nSPS) is 10.9. The van der Waals surface area contributed by atoms with Gasteiger partial charge in [0.25, 0.3) is 0 Å². The Morgan fingerprint density at radius 2 is 1.81 bits per heavy atom. The highest BCUT2D eigenvalue weighted by atomic mass is 32.1. The molecule has 114 valence electrons. The fourth-order valence-electron chi connectivity index (χ4n) is 2.15. The number of ether oxygens (including phenoxy) is 1. The number of nitrogens with one attached hydrogen (secondary N) is 1. The molecule has 0 aliphatic carbocycles. The molecule has 0 radical (unpaired) electrons. The van der Waals surface area contributed by atoms with E-state index in [0.29, 0.717) is 6.61 Å². The summed E-state index contributed by atoms with van der Waals surface area (Å²) in [4.78, 5) is 1.39. The SMILES string of the molecule is CCCNCCc1ccc(COCCc2cccs2)cc1. The molecule has 1 aromatic heterocycles. The Bertz CT molecular complexity index is 478. The molecule has 0 unspecified atom stereocenters. The third-order valence-corrected chi connectivity index (χ3v) is 4.32. The summed E-state index contributed by atoms with van der Waals surface area (Å²) in [5, 5.41) is 5.54. The van der Waals surface area contributed by atoms with Crippen LogP contribution in [-0.4, -0.2) is 19.7 Å². The van der Waals surface area contributed by atoms with Crippen LogP contribution in [0.3, 0.4) is 0 Å². The Labute approximate surface area is 132 Å². The lowest BCUT2D eigenvalue weighted by Gasteiger charge is -2.06. The molecule has 2 nitrogen and oxygen atoms in total. The van der Waals surface area contributed by atoms with Gasteiger partial charge in [-0.25, -0.2) is 0 Å². The molecule has 1 N–H and O–H groups in total. The Balaban J connectivity index is 1.62. The van der Waals surface area contributed by atoms with Crippen LogP contribution in [0.1, 0.15) is 29.3 Å². The van der Waals surface area contributed by atoms with Crippen molar-refractivity contribution in [3.8, 4) is 0 Å². The van der Waals surface area contributed by atoms with Crippen LogP contribution in [0.5, 0.6) is 0 Å². The summed E-state index contributed by atoms with van der Waals surface area (Å²) < 4.78 is 5.74. The summed E-state index contributed by atoms with van der Waals surface area (Å²) in [6, 6.07) is 13.0. The molecule has 0 spiro atoms. The highest BCUT2D eigenvalue weighted by Crippen LogP contribution is 2.10. The van der Waals surface area contributed by atoms with Crippen LogP contribution in [0.2, 0.25) is 0 Å². The maximum Gasteiger partial charge on any atom is 0.0717 e. The minimum atomic E-state index is 0.708. The largest absolute Gasteiger partial charge is 0.376 e. The van der Waals surface area contributed by atoms with Crippen molar-refractivity contribution in [1.29, 1.82) is 0 Å². The van der Waals surface area contributed by atoms with Crippen molar-refractivity contribution in [2.24, 2.45) is 0 Å². The Hall–Kier alpha value is -1.16. The molecule has 2 rings (SSSR count). The molecule has 1 heterocycles. The molecule has 0 aliphatic rings. The van der Waals surface area contributed by atoms with Gasteiger partial charge in [0.05, 0.1) is 13.2 Å². The van der Waals surface area contributed by atoms with E-state index in [1.165, 1.54) is 22.4 Å². The van der Waals surface area contributed by atoms with Crippen molar-refractivity contribution in [1.82, 2.24) is 5.32 Å². The number of hydrogen-bond acceptors (Lipinski definition) is 3. The zero-order valence-corrected chi connectivity index (χ0v) is 13.6. The molecule has 21 heavy (non-hydrogen) atoms. The van der Waals surface area contributed by atoms with E-state index >= 15 is 0 Å². The lowest BCUT2D eigenvalue weighted by molar-refractivity contribution is 0.124. The first-order valence-electron chi connectivity index (χ1n) is 7.77. The minimum absolute atomic E-state index is 0.708. The standard InChI is InChI=1S/C18H25NOS/c1-2-11-19-12-9-16-5-7-17(8-6-16)15-20-13-10-18-4-3-14-21-18/h3-8,14,19H,2,9-13,15H2,1H3. The highest BCUT2D eigenvalue weighted by molar-refractivity contribution is 7.09. The van der Waals surface area contributed by atoms with Gasteiger partial charge in [-0.15, -0.1) is 11.3 Å². The van der Waals surface area contributed by atoms with Crippen molar-refractivity contribution in [2.45, 2.75) is 32.8 Å². The first-order valence-corrected chi connectivity index (χ1v) is 8.65. The highest BCUT2D eigenvalue weighted by Gasteiger charge is 1.97. The van der Waals surface area contributed by atoms with Crippen molar-refractivity contribution in [3.63, 3.8) is 0 Å². The first-order chi connectivity index (χ1) is 10.4. The quantitative estimate of drug-likeness (QED) is 0.669. The van der Waals surface area contributed by atoms with Gasteiger partial charge >= 0.3 is 0 Å². The predicted molar refractivity (Wildman–Crippen MR) is 91.0 cm³/mol. The van der Waals surface area contributed by atoms with Crippen LogP contribution in [-0.2, 0) is 24.2 Å². The Kier molecular flexibility index (Phi) is 7.50. The van der Waals surface area contributed by atoms with Gasteiger partial charge in [0.1, 0.15) is 0 Å². The number of benzene rings is 1. The van der Waals surface area contributed by atoms with Crippen molar-refractivity contribution >= 4 is 11.3 Å². The summed E-state index contributed by atoms with van der Waals surface area (Å²) in [5.74, 6) is 0. The van der Waals surface area contributed by atoms with Crippen LogP contribution in [0, 0.1) is 0 Å². The van der Waals surface area contributed by atoms with E-state index in [1.54, 1.807) is 11.3 Å². The number of rotatable bonds is 10. The van der Waals surface area contributed by atoms with E-state index in [4.69, 9.17) is 4.74 Å². The van der Waals surface area contributed by atoms with Gasteiger partial charge in [0.15, 0.2) is 0 Å². The fraction of sp³-hybridized carbons (Fsp3) is 0.444. The number of thiophene rings is 1. The lowest BCUT2D eigenvalue weighted by Crippen LogP contribution is -2.17. The van der Waals surface area contributed by atoms with E-state index in [9.17, 15) is 0 Å². The minimum Gasteiger partial charge on any atom is -0.376 e. The number of hydrogen-bond donors (Lipinski definition) is 1. The molecule has 0 saturated carbocycles. The second-order valence-corrected chi connectivity index (χ2v) is 6.23. The summed E-state index contributed by atoms with van der Waals surface area (Å²) in [6.45, 7) is 5.86. The van der Waals surface area contributed by atoms with Crippen LogP contribution in [0.4, 0.5) is 0 Å². The predicted octanol–water partition coefficient (Wildman–Crippen LogP) is 4.05. The molecular weight excluding hydrogens is 278 g/mol. The third kappa shape index (κ3) is 6.42. The second kappa shape index (κ2) is 9.72. The molecule has 0 aliphatic heterocycles. The van der Waals surface area contributed by atoms with E-state index in [1.807, 2.05) is 0 Å². The van der Waals surface area contributed by atoms with Gasteiger partial charge in [-0.3, -0.25) is 0 Å². The topological polar surface area (TPSA) is 21.3 Å². The van der Waals surface area contributed by atoms with Crippen LogP contribution in [0.15, 0.2) is 41.8 Å². The molecule has 1 aromatic carbocycles. The second-order valence-electron chi connectivity index (χ2n) is 5.20. The van der Waals surface area contributed by atoms with Crippen LogP contribution < -0.4 is 5.32 Å². The first kappa shape index (κ1) is 16.2. The summed E-state index contributed by atoms with van der Waals surface area (Å²) in [7, 11) is 0. The average molecular weight is 303 g/mol. The van der Waals surface area contributed by atoms with E-state index < -0.39 is 0 Å². The van der Waals surface area contributed by atoms with Gasteiger partial charge in [-0.2, -0.15) is 0 Å². The molecule has 0 amide bonds. The lowest BCUT2D eigenvalue weighted by atomic mass is 10.1. The van der Waals surface area contributed by atoms with Crippen LogP contribution >= 0.6 is 11.3 Å². The van der Waals surface area contributed by atoms with Gasteiger partial charge in [-0.1, -0.05) is 37.3 Å². The van der Waals surface area contributed by atoms with Crippen molar-refractivity contribution < 1.29 is 4.74 Å². The molecule has 2 aromatic rings. The van der Waals surface area contributed by atoms with E-state index in [-0.39, 0.29) is 0 Å². The van der Waals surface area contributed by atoms with E-state index in [0.717, 1.165) is 32.5 Å². The average Bonchev–Trinajstić information content (AvgIpc) is 3.03. The fourth-order valence-corrected chi connectivity index (χ4v) is 2.84.